The van der Waals surface area contributed by atoms with Gasteiger partial charge in [0.1, 0.15) is 5.75 Å². The van der Waals surface area contributed by atoms with Gasteiger partial charge in [-0.3, -0.25) is 9.78 Å². The summed E-state index contributed by atoms with van der Waals surface area (Å²) in [6.07, 6.45) is 6.03. The number of hydrogen-bond acceptors (Lipinski definition) is 3. The van der Waals surface area contributed by atoms with Gasteiger partial charge in [0, 0.05) is 23.9 Å². The lowest BCUT2D eigenvalue weighted by molar-refractivity contribution is 0.0901. The molecule has 96 valence electrons. The van der Waals surface area contributed by atoms with E-state index in [2.05, 4.69) is 4.98 Å². The average Bonchev–Trinajstić information content (AvgIpc) is 2.44. The number of hydrogen-bond donors (Lipinski definition) is 1. The second-order valence-corrected chi connectivity index (χ2v) is 5.00. The van der Waals surface area contributed by atoms with Crippen LogP contribution < -0.4 is 0 Å². The van der Waals surface area contributed by atoms with E-state index in [0.29, 0.717) is 5.56 Å². The molecule has 1 N–H and O–H groups in total. The predicted octanol–water partition coefficient (Wildman–Crippen LogP) is 2.78. The first kappa shape index (κ1) is 11.9. The van der Waals surface area contributed by atoms with Gasteiger partial charge in [0.15, 0.2) is 5.78 Å². The zero-order valence-electron chi connectivity index (χ0n) is 10.5. The van der Waals surface area contributed by atoms with Gasteiger partial charge in [0.25, 0.3) is 0 Å². The topological polar surface area (TPSA) is 50.2 Å². The van der Waals surface area contributed by atoms with Crippen molar-refractivity contribution >= 4 is 5.78 Å². The van der Waals surface area contributed by atoms with E-state index in [1.54, 1.807) is 24.5 Å². The molecule has 0 bridgehead atoms. The lowest BCUT2D eigenvalue weighted by Gasteiger charge is -2.23. The molecule has 0 unspecified atom stereocenters. The third-order valence-electron chi connectivity index (χ3n) is 3.72. The monoisotopic (exact) mass is 253 g/mol. The summed E-state index contributed by atoms with van der Waals surface area (Å²) in [7, 11) is 0. The molecule has 0 amide bonds. The van der Waals surface area contributed by atoms with Crippen molar-refractivity contribution in [1.82, 2.24) is 4.98 Å². The quantitative estimate of drug-likeness (QED) is 0.895. The number of aromatic nitrogens is 1. The van der Waals surface area contributed by atoms with Crippen LogP contribution >= 0.6 is 0 Å². The Balaban J connectivity index is 1.85. The number of pyridine rings is 1. The predicted molar refractivity (Wildman–Crippen MR) is 72.2 cm³/mol. The maximum atomic E-state index is 12.4. The molecule has 0 radical (unpaired) electrons. The number of rotatable bonds is 2. The van der Waals surface area contributed by atoms with E-state index >= 15 is 0 Å². The minimum atomic E-state index is 0.0108. The molecule has 0 spiro atoms. The summed E-state index contributed by atoms with van der Waals surface area (Å²) >= 11 is 0. The maximum absolute atomic E-state index is 12.4. The first-order valence-corrected chi connectivity index (χ1v) is 6.49. The van der Waals surface area contributed by atoms with Gasteiger partial charge >= 0.3 is 0 Å². The highest BCUT2D eigenvalue weighted by molar-refractivity contribution is 6.00. The normalized spacial score (nSPS) is 18.1. The number of aryl methyl sites for hydroxylation is 1. The summed E-state index contributed by atoms with van der Waals surface area (Å²) in [6, 6.07) is 8.99. The van der Waals surface area contributed by atoms with Crippen LogP contribution in [-0.4, -0.2) is 15.9 Å². The minimum Gasteiger partial charge on any atom is -0.508 e. The van der Waals surface area contributed by atoms with Crippen LogP contribution in [0.5, 0.6) is 5.75 Å². The Morgan fingerprint density at radius 3 is 2.79 bits per heavy atom. The van der Waals surface area contributed by atoms with Crippen LogP contribution in [0, 0.1) is 5.92 Å². The summed E-state index contributed by atoms with van der Waals surface area (Å²) in [6.45, 7) is 0. The number of phenolic OH excluding ortho intramolecular Hbond substituents is 1. The van der Waals surface area contributed by atoms with Crippen LogP contribution in [0.15, 0.2) is 42.7 Å². The van der Waals surface area contributed by atoms with Gasteiger partial charge < -0.3 is 5.11 Å². The summed E-state index contributed by atoms with van der Waals surface area (Å²) in [5, 5.41) is 9.52. The Hall–Kier alpha value is -2.16. The van der Waals surface area contributed by atoms with Gasteiger partial charge in [0.2, 0.25) is 0 Å². The Kier molecular flexibility index (Phi) is 3.03. The number of Topliss-reactive ketones (excluding diaryl/α,β-unsaturated/α-hetero) is 1. The molecule has 1 aliphatic rings. The Morgan fingerprint density at radius 2 is 2.00 bits per heavy atom. The number of carbonyl (C=O) groups excluding carboxylic acids is 1. The standard InChI is InChI=1S/C16H15NO2/c18-14-4-3-12-1-2-13(16(19)15(12)10-14)9-11-5-7-17-8-6-11/h3-8,10,13,18H,1-2,9H2/t13-/m1/s1. The fraction of sp³-hybridized carbons (Fsp3) is 0.250. The van der Waals surface area contributed by atoms with Crippen LogP contribution in [0.25, 0.3) is 0 Å². The fourth-order valence-corrected chi connectivity index (χ4v) is 2.69. The summed E-state index contributed by atoms with van der Waals surface area (Å²) in [5.41, 5.74) is 2.87. The van der Waals surface area contributed by atoms with E-state index in [1.165, 1.54) is 0 Å². The summed E-state index contributed by atoms with van der Waals surface area (Å²) in [4.78, 5) is 16.4. The molecule has 2 aromatic rings. The zero-order chi connectivity index (χ0) is 13.2. The van der Waals surface area contributed by atoms with Gasteiger partial charge in [-0.25, -0.2) is 0 Å². The number of aromatic hydroxyl groups is 1. The van der Waals surface area contributed by atoms with Gasteiger partial charge in [0.05, 0.1) is 0 Å². The van der Waals surface area contributed by atoms with Crippen molar-refractivity contribution in [3.63, 3.8) is 0 Å². The summed E-state index contributed by atoms with van der Waals surface area (Å²) in [5.74, 6) is 0.322. The molecule has 19 heavy (non-hydrogen) atoms. The molecular formula is C16H15NO2. The van der Waals surface area contributed by atoms with Crippen LogP contribution in [0.1, 0.15) is 27.9 Å². The SMILES string of the molecule is O=C1c2cc(O)ccc2CC[C@@H]1Cc1ccncc1. The Labute approximate surface area is 111 Å². The number of nitrogens with zero attached hydrogens (tertiary/aromatic N) is 1. The first-order chi connectivity index (χ1) is 9.24. The highest BCUT2D eigenvalue weighted by Gasteiger charge is 2.27. The van der Waals surface area contributed by atoms with Crippen molar-refractivity contribution in [2.75, 3.05) is 0 Å². The van der Waals surface area contributed by atoms with Crippen molar-refractivity contribution in [3.8, 4) is 5.75 Å². The molecule has 1 aliphatic carbocycles. The zero-order valence-corrected chi connectivity index (χ0v) is 10.5. The van der Waals surface area contributed by atoms with Gasteiger partial charge in [-0.1, -0.05) is 6.07 Å². The summed E-state index contributed by atoms with van der Waals surface area (Å²) < 4.78 is 0. The molecule has 3 rings (SSSR count). The van der Waals surface area contributed by atoms with E-state index < -0.39 is 0 Å². The van der Waals surface area contributed by atoms with E-state index in [9.17, 15) is 9.90 Å². The van der Waals surface area contributed by atoms with Crippen LogP contribution in [0.4, 0.5) is 0 Å². The molecule has 1 aromatic carbocycles. The molecule has 0 saturated carbocycles. The molecular weight excluding hydrogens is 238 g/mol. The van der Waals surface area contributed by atoms with E-state index in [1.807, 2.05) is 18.2 Å². The highest BCUT2D eigenvalue weighted by atomic mass is 16.3. The number of benzene rings is 1. The average molecular weight is 253 g/mol. The molecule has 1 atom stereocenters. The first-order valence-electron chi connectivity index (χ1n) is 6.49. The van der Waals surface area contributed by atoms with E-state index in [-0.39, 0.29) is 17.5 Å². The second kappa shape index (κ2) is 4.84. The van der Waals surface area contributed by atoms with Crippen molar-refractivity contribution in [2.45, 2.75) is 19.3 Å². The number of ketones is 1. The minimum absolute atomic E-state index is 0.0108. The lowest BCUT2D eigenvalue weighted by Crippen LogP contribution is -2.24. The molecule has 3 heteroatoms. The molecule has 0 fully saturated rings. The second-order valence-electron chi connectivity index (χ2n) is 5.00. The van der Waals surface area contributed by atoms with Crippen LogP contribution in [0.2, 0.25) is 0 Å². The van der Waals surface area contributed by atoms with Crippen LogP contribution in [-0.2, 0) is 12.8 Å². The van der Waals surface area contributed by atoms with Crippen molar-refractivity contribution in [3.05, 3.63) is 59.4 Å². The van der Waals surface area contributed by atoms with Crippen molar-refractivity contribution in [2.24, 2.45) is 5.92 Å². The number of fused-ring (bicyclic) bond motifs is 1. The third-order valence-corrected chi connectivity index (χ3v) is 3.72. The van der Waals surface area contributed by atoms with Gasteiger partial charge in [-0.15, -0.1) is 0 Å². The molecule has 0 aliphatic heterocycles. The molecule has 3 nitrogen and oxygen atoms in total. The van der Waals surface area contributed by atoms with Gasteiger partial charge in [-0.05, 0) is 54.7 Å². The largest absolute Gasteiger partial charge is 0.508 e. The van der Waals surface area contributed by atoms with Crippen molar-refractivity contribution < 1.29 is 9.90 Å². The number of phenols is 1. The van der Waals surface area contributed by atoms with Crippen molar-refractivity contribution in [1.29, 1.82) is 0 Å². The molecule has 1 aromatic heterocycles. The van der Waals surface area contributed by atoms with Crippen LogP contribution in [0.3, 0.4) is 0 Å². The molecule has 1 heterocycles. The number of carbonyl (C=O) groups is 1. The Bertz CT molecular complexity index is 607. The van der Waals surface area contributed by atoms with E-state index in [4.69, 9.17) is 0 Å². The third kappa shape index (κ3) is 2.36. The maximum Gasteiger partial charge on any atom is 0.166 e. The smallest absolute Gasteiger partial charge is 0.166 e. The highest BCUT2D eigenvalue weighted by Crippen LogP contribution is 2.30. The Morgan fingerprint density at radius 1 is 1.21 bits per heavy atom. The van der Waals surface area contributed by atoms with E-state index in [0.717, 1.165) is 30.4 Å². The fourth-order valence-electron chi connectivity index (χ4n) is 2.69. The molecule has 0 saturated heterocycles. The van der Waals surface area contributed by atoms with Gasteiger partial charge in [-0.2, -0.15) is 0 Å². The lowest BCUT2D eigenvalue weighted by atomic mass is 9.80.